The summed E-state index contributed by atoms with van der Waals surface area (Å²) < 4.78 is 9.15. The fourth-order valence-electron chi connectivity index (χ4n) is 5.01. The van der Waals surface area contributed by atoms with Crippen LogP contribution in [0.1, 0.15) is 36.0 Å². The summed E-state index contributed by atoms with van der Waals surface area (Å²) in [5.74, 6) is 1.98. The number of carbonyl (C=O) groups excluding carboxylic acids is 1. The number of ether oxygens (including phenoxy) is 1. The van der Waals surface area contributed by atoms with Gasteiger partial charge in [0.25, 0.3) is 5.91 Å². The molecule has 1 aromatic carbocycles. The second kappa shape index (κ2) is 10.6. The van der Waals surface area contributed by atoms with Gasteiger partial charge in [0, 0.05) is 49.6 Å². The predicted molar refractivity (Wildman–Crippen MR) is 141 cm³/mol. The molecule has 3 aliphatic rings. The predicted octanol–water partition coefficient (Wildman–Crippen LogP) is 3.71. The van der Waals surface area contributed by atoms with E-state index in [2.05, 4.69) is 31.9 Å². The van der Waals surface area contributed by atoms with Crippen LogP contribution >= 0.6 is 11.9 Å². The van der Waals surface area contributed by atoms with Crippen molar-refractivity contribution in [1.29, 1.82) is 0 Å². The Morgan fingerprint density at radius 3 is 2.71 bits per heavy atom. The van der Waals surface area contributed by atoms with Gasteiger partial charge < -0.3 is 29.7 Å². The summed E-state index contributed by atoms with van der Waals surface area (Å²) in [6.45, 7) is 4.77. The van der Waals surface area contributed by atoms with Crippen molar-refractivity contribution in [1.82, 2.24) is 9.88 Å². The van der Waals surface area contributed by atoms with E-state index in [9.17, 15) is 4.79 Å². The van der Waals surface area contributed by atoms with E-state index in [1.54, 1.807) is 6.07 Å². The van der Waals surface area contributed by atoms with E-state index < -0.39 is 0 Å². The zero-order valence-corrected chi connectivity index (χ0v) is 21.1. The van der Waals surface area contributed by atoms with Crippen LogP contribution in [0.25, 0.3) is 0 Å². The molecule has 35 heavy (non-hydrogen) atoms. The lowest BCUT2D eigenvalue weighted by molar-refractivity contribution is 0.0839. The maximum atomic E-state index is 13.4. The number of hydrogen-bond acceptors (Lipinski definition) is 8. The van der Waals surface area contributed by atoms with E-state index in [0.717, 1.165) is 37.6 Å². The smallest absolute Gasteiger partial charge is 0.258 e. The van der Waals surface area contributed by atoms with E-state index in [1.807, 2.05) is 30.3 Å². The summed E-state index contributed by atoms with van der Waals surface area (Å²) in [5, 5.41) is 12.1. The number of aliphatic hydroxyl groups excluding tert-OH is 1. The molecule has 3 fully saturated rings. The van der Waals surface area contributed by atoms with Gasteiger partial charge >= 0.3 is 0 Å². The molecular weight excluding hydrogens is 462 g/mol. The Hall–Kier alpha value is -2.49. The van der Waals surface area contributed by atoms with E-state index in [4.69, 9.17) is 9.84 Å². The number of aromatic nitrogens is 1. The third-order valence-electron chi connectivity index (χ3n) is 7.32. The van der Waals surface area contributed by atoms with Gasteiger partial charge in [0.15, 0.2) is 0 Å². The maximum absolute atomic E-state index is 13.4. The van der Waals surface area contributed by atoms with E-state index in [0.29, 0.717) is 41.0 Å². The highest BCUT2D eigenvalue weighted by atomic mass is 32.2. The van der Waals surface area contributed by atoms with Crippen LogP contribution in [0.3, 0.4) is 0 Å². The van der Waals surface area contributed by atoms with Crippen LogP contribution in [0.5, 0.6) is 5.88 Å². The van der Waals surface area contributed by atoms with Crippen molar-refractivity contribution in [3.8, 4) is 5.88 Å². The third-order valence-corrected chi connectivity index (χ3v) is 8.09. The van der Waals surface area contributed by atoms with Gasteiger partial charge in [-0.25, -0.2) is 0 Å². The molecule has 1 aromatic heterocycles. The number of pyridine rings is 1. The molecule has 3 N–H and O–H groups in total. The van der Waals surface area contributed by atoms with Gasteiger partial charge in [0.1, 0.15) is 5.82 Å². The van der Waals surface area contributed by atoms with Crippen LogP contribution in [0.15, 0.2) is 36.4 Å². The molecule has 0 atom stereocenters. The summed E-state index contributed by atoms with van der Waals surface area (Å²) in [6, 6.07) is 11.3. The molecule has 9 heteroatoms. The Kier molecular flexibility index (Phi) is 7.36. The summed E-state index contributed by atoms with van der Waals surface area (Å²) in [5.41, 5.74) is 3.07. The van der Waals surface area contributed by atoms with Gasteiger partial charge in [-0.2, -0.15) is 4.98 Å². The molecule has 0 radical (unpaired) electrons. The Morgan fingerprint density at radius 1 is 1.20 bits per heavy atom. The Morgan fingerprint density at radius 2 is 2.00 bits per heavy atom. The van der Waals surface area contributed by atoms with Crippen LogP contribution < -0.4 is 19.7 Å². The lowest BCUT2D eigenvalue weighted by atomic mass is 9.93. The highest BCUT2D eigenvalue weighted by molar-refractivity contribution is 8.00. The maximum Gasteiger partial charge on any atom is 0.258 e. The van der Waals surface area contributed by atoms with E-state index in [1.165, 1.54) is 37.6 Å². The number of carbonyl (C=O) groups is 1. The fraction of sp³-hybridized carbons (Fsp3) is 0.538. The fourth-order valence-corrected chi connectivity index (χ4v) is 5.50. The molecule has 1 saturated carbocycles. The first-order valence-electron chi connectivity index (χ1n) is 12.5. The Labute approximate surface area is 211 Å². The van der Waals surface area contributed by atoms with E-state index >= 15 is 0 Å². The normalized spacial score (nSPS) is 19.3. The SMILES string of the molecule is CN1CC(COc2cccc(NC(=O)c3ccc(NSCCO)cc3N3CCC4(CC3)CC4)n2)C1. The number of anilines is 3. The topological polar surface area (TPSA) is 90.0 Å². The minimum atomic E-state index is -0.175. The van der Waals surface area contributed by atoms with Crippen molar-refractivity contribution in [2.24, 2.45) is 11.3 Å². The summed E-state index contributed by atoms with van der Waals surface area (Å²) in [7, 11) is 2.10. The van der Waals surface area contributed by atoms with E-state index in [-0.39, 0.29) is 12.5 Å². The standard InChI is InChI=1S/C26H35N5O3S/c1-30-16-19(17-30)18-34-24-4-2-3-23(27-24)28-25(33)21-6-5-20(29-35-14-13-32)15-22(21)31-11-9-26(7-8-26)10-12-31/h2-6,15,19,29,32H,7-14,16-18H2,1H3,(H,27,28,33). The number of aliphatic hydroxyl groups is 1. The second-order valence-corrected chi connectivity index (χ2v) is 11.0. The average Bonchev–Trinajstić information content (AvgIpc) is 3.60. The molecule has 0 unspecified atom stereocenters. The molecule has 5 rings (SSSR count). The largest absolute Gasteiger partial charge is 0.477 e. The summed E-state index contributed by atoms with van der Waals surface area (Å²) in [4.78, 5) is 22.5. The molecule has 3 heterocycles. The molecule has 1 amide bonds. The zero-order chi connectivity index (χ0) is 24.3. The van der Waals surface area contributed by atoms with Crippen LogP contribution in [0, 0.1) is 11.3 Å². The van der Waals surface area contributed by atoms with Crippen molar-refractivity contribution in [3.63, 3.8) is 0 Å². The number of rotatable bonds is 10. The van der Waals surface area contributed by atoms with Crippen molar-refractivity contribution in [3.05, 3.63) is 42.0 Å². The number of nitrogens with zero attached hydrogens (tertiary/aromatic N) is 3. The third kappa shape index (κ3) is 6.02. The molecule has 1 aliphatic carbocycles. The first kappa shape index (κ1) is 24.2. The van der Waals surface area contributed by atoms with Gasteiger partial charge in [0.2, 0.25) is 5.88 Å². The molecule has 2 aromatic rings. The molecule has 2 saturated heterocycles. The number of benzene rings is 1. The molecule has 1 spiro atoms. The highest BCUT2D eigenvalue weighted by Crippen LogP contribution is 2.54. The van der Waals surface area contributed by atoms with Crippen LogP contribution in [-0.2, 0) is 0 Å². The molecule has 2 aliphatic heterocycles. The molecular formula is C26H35N5O3S. The number of amides is 1. The first-order chi connectivity index (χ1) is 17.0. The number of hydrogen-bond donors (Lipinski definition) is 3. The average molecular weight is 498 g/mol. The van der Waals surface area contributed by atoms with Crippen LogP contribution in [0.4, 0.5) is 17.2 Å². The first-order valence-corrected chi connectivity index (χ1v) is 13.5. The van der Waals surface area contributed by atoms with Crippen molar-refractivity contribution in [2.45, 2.75) is 25.7 Å². The number of nitrogens with one attached hydrogen (secondary N) is 2. The van der Waals surface area contributed by atoms with Gasteiger partial charge in [-0.3, -0.25) is 4.79 Å². The Balaban J connectivity index is 1.28. The minimum Gasteiger partial charge on any atom is -0.477 e. The molecule has 188 valence electrons. The van der Waals surface area contributed by atoms with Crippen molar-refractivity contribution >= 4 is 35.0 Å². The summed E-state index contributed by atoms with van der Waals surface area (Å²) >= 11 is 1.46. The van der Waals surface area contributed by atoms with Crippen LogP contribution in [0.2, 0.25) is 0 Å². The quantitative estimate of drug-likeness (QED) is 0.338. The Bertz CT molecular complexity index is 1030. The van der Waals surface area contributed by atoms with Gasteiger partial charge in [-0.1, -0.05) is 18.0 Å². The van der Waals surface area contributed by atoms with Gasteiger partial charge in [-0.05, 0) is 62.4 Å². The zero-order valence-electron chi connectivity index (χ0n) is 20.3. The van der Waals surface area contributed by atoms with Gasteiger partial charge in [0.05, 0.1) is 24.5 Å². The number of likely N-dealkylation sites (tertiary alicyclic amines) is 1. The van der Waals surface area contributed by atoms with Gasteiger partial charge in [-0.15, -0.1) is 0 Å². The lowest BCUT2D eigenvalue weighted by Gasteiger charge is -2.35. The number of piperidine rings is 1. The lowest BCUT2D eigenvalue weighted by Crippen LogP contribution is -2.46. The van der Waals surface area contributed by atoms with Crippen molar-refractivity contribution in [2.75, 3.05) is 67.1 Å². The monoisotopic (exact) mass is 497 g/mol. The molecule has 0 bridgehead atoms. The van der Waals surface area contributed by atoms with Crippen molar-refractivity contribution < 1.29 is 14.6 Å². The second-order valence-electron chi connectivity index (χ2n) is 10.1. The molecule has 8 nitrogen and oxygen atoms in total. The highest BCUT2D eigenvalue weighted by Gasteiger charge is 2.44. The summed E-state index contributed by atoms with van der Waals surface area (Å²) in [6.07, 6.45) is 5.05. The van der Waals surface area contributed by atoms with Crippen LogP contribution in [-0.4, -0.2) is 73.1 Å². The minimum absolute atomic E-state index is 0.118.